The van der Waals surface area contributed by atoms with Crippen LogP contribution in [0.5, 0.6) is 0 Å². The van der Waals surface area contributed by atoms with Gasteiger partial charge in [0.05, 0.1) is 17.3 Å². The summed E-state index contributed by atoms with van der Waals surface area (Å²) in [4.78, 5) is 12.0. The topological polar surface area (TPSA) is 41.1 Å². The van der Waals surface area contributed by atoms with Crippen LogP contribution < -0.4 is 10.6 Å². The number of anilines is 1. The zero-order chi connectivity index (χ0) is 15.5. The molecule has 0 bridgehead atoms. The van der Waals surface area contributed by atoms with Gasteiger partial charge in [0.1, 0.15) is 5.82 Å². The maximum absolute atomic E-state index is 13.6. The molecule has 0 aliphatic carbocycles. The van der Waals surface area contributed by atoms with Crippen molar-refractivity contribution in [1.29, 1.82) is 0 Å². The summed E-state index contributed by atoms with van der Waals surface area (Å²) in [5.74, 6) is -1.39. The highest BCUT2D eigenvalue weighted by Gasteiger charge is 2.31. The minimum atomic E-state index is -4.58. The van der Waals surface area contributed by atoms with Gasteiger partial charge in [-0.2, -0.15) is 13.2 Å². The molecule has 7 heteroatoms. The van der Waals surface area contributed by atoms with Crippen LogP contribution in [-0.4, -0.2) is 18.5 Å². The average Bonchev–Trinajstić information content (AvgIpc) is 2.68. The maximum atomic E-state index is 13.6. The van der Waals surface area contributed by atoms with Gasteiger partial charge in [0.15, 0.2) is 0 Å². The zero-order valence-electron chi connectivity index (χ0n) is 11.3. The van der Waals surface area contributed by atoms with Crippen molar-refractivity contribution in [3.63, 3.8) is 0 Å². The van der Waals surface area contributed by atoms with E-state index < -0.39 is 35.2 Å². The number of hydrogen-bond acceptors (Lipinski definition) is 2. The van der Waals surface area contributed by atoms with E-state index in [2.05, 4.69) is 10.6 Å². The Morgan fingerprint density at radius 1 is 1.24 bits per heavy atom. The van der Waals surface area contributed by atoms with Gasteiger partial charge in [0.25, 0.3) is 0 Å². The Labute approximate surface area is 119 Å². The van der Waals surface area contributed by atoms with Crippen molar-refractivity contribution in [2.75, 3.05) is 11.9 Å². The first kappa shape index (κ1) is 15.8. The second-order valence-corrected chi connectivity index (χ2v) is 5.04. The van der Waals surface area contributed by atoms with E-state index >= 15 is 0 Å². The Morgan fingerprint density at radius 2 is 2.00 bits per heavy atom. The van der Waals surface area contributed by atoms with Crippen molar-refractivity contribution < 1.29 is 22.4 Å². The summed E-state index contributed by atoms with van der Waals surface area (Å²) in [6, 6.07) is 1.47. The summed E-state index contributed by atoms with van der Waals surface area (Å²) in [6.07, 6.45) is -1.19. The van der Waals surface area contributed by atoms with Gasteiger partial charge >= 0.3 is 6.18 Å². The van der Waals surface area contributed by atoms with E-state index in [1.165, 1.54) is 0 Å². The van der Waals surface area contributed by atoms with Gasteiger partial charge in [-0.3, -0.25) is 4.79 Å². The fourth-order valence-corrected chi connectivity index (χ4v) is 2.27. The number of rotatable bonds is 2. The molecule has 0 spiro atoms. The Morgan fingerprint density at radius 3 is 2.71 bits per heavy atom. The van der Waals surface area contributed by atoms with Crippen LogP contribution >= 0.6 is 0 Å². The SMILES string of the molecule is O=C(Nc1cc(C(F)(F)F)ccc1F)C1CCCCCN1. The van der Waals surface area contributed by atoms with Gasteiger partial charge in [-0.05, 0) is 37.6 Å². The summed E-state index contributed by atoms with van der Waals surface area (Å²) in [5, 5.41) is 5.25. The number of carbonyl (C=O) groups is 1. The van der Waals surface area contributed by atoms with Crippen LogP contribution in [0.4, 0.5) is 23.2 Å². The van der Waals surface area contributed by atoms with E-state index in [0.717, 1.165) is 19.3 Å². The molecule has 1 aliphatic heterocycles. The van der Waals surface area contributed by atoms with Gasteiger partial charge in [-0.15, -0.1) is 0 Å². The van der Waals surface area contributed by atoms with Crippen LogP contribution in [0.1, 0.15) is 31.2 Å². The van der Waals surface area contributed by atoms with Crippen molar-refractivity contribution >= 4 is 11.6 Å². The Balaban J connectivity index is 2.12. The molecule has 1 aromatic carbocycles. The average molecular weight is 304 g/mol. The van der Waals surface area contributed by atoms with Gasteiger partial charge in [0, 0.05) is 0 Å². The highest BCUT2D eigenvalue weighted by molar-refractivity contribution is 5.95. The van der Waals surface area contributed by atoms with Crippen molar-refractivity contribution in [3.05, 3.63) is 29.6 Å². The molecule has 116 valence electrons. The number of hydrogen-bond donors (Lipinski definition) is 2. The lowest BCUT2D eigenvalue weighted by Gasteiger charge is -2.16. The summed E-state index contributed by atoms with van der Waals surface area (Å²) >= 11 is 0. The van der Waals surface area contributed by atoms with Crippen LogP contribution in [-0.2, 0) is 11.0 Å². The molecule has 0 radical (unpaired) electrons. The third-order valence-electron chi connectivity index (χ3n) is 3.43. The van der Waals surface area contributed by atoms with Crippen molar-refractivity contribution in [2.45, 2.75) is 37.9 Å². The third-order valence-corrected chi connectivity index (χ3v) is 3.43. The Hall–Kier alpha value is -1.63. The molecule has 2 N–H and O–H groups in total. The van der Waals surface area contributed by atoms with E-state index in [1.54, 1.807) is 0 Å². The highest BCUT2D eigenvalue weighted by Crippen LogP contribution is 2.31. The van der Waals surface area contributed by atoms with Crippen LogP contribution in [0.2, 0.25) is 0 Å². The number of alkyl halides is 3. The van der Waals surface area contributed by atoms with Crippen molar-refractivity contribution in [3.8, 4) is 0 Å². The van der Waals surface area contributed by atoms with Crippen molar-refractivity contribution in [1.82, 2.24) is 5.32 Å². The number of benzene rings is 1. The first-order chi connectivity index (χ1) is 9.88. The maximum Gasteiger partial charge on any atom is 0.416 e. The largest absolute Gasteiger partial charge is 0.416 e. The van der Waals surface area contributed by atoms with Gasteiger partial charge in [0.2, 0.25) is 5.91 Å². The summed E-state index contributed by atoms with van der Waals surface area (Å²) in [5.41, 5.74) is -1.44. The fraction of sp³-hybridized carbons (Fsp3) is 0.500. The van der Waals surface area contributed by atoms with Crippen LogP contribution in [0.15, 0.2) is 18.2 Å². The normalized spacial score (nSPS) is 19.9. The number of amides is 1. The third kappa shape index (κ3) is 4.17. The monoisotopic (exact) mass is 304 g/mol. The quantitative estimate of drug-likeness (QED) is 0.823. The number of nitrogens with one attached hydrogen (secondary N) is 2. The Kier molecular flexibility index (Phi) is 4.82. The predicted molar refractivity (Wildman–Crippen MR) is 70.3 cm³/mol. The minimum absolute atomic E-state index is 0.444. The molecule has 3 nitrogen and oxygen atoms in total. The predicted octanol–water partition coefficient (Wildman–Crippen LogP) is 3.32. The molecule has 1 heterocycles. The van der Waals surface area contributed by atoms with E-state index in [0.29, 0.717) is 31.2 Å². The molecule has 1 aromatic rings. The molecule has 1 amide bonds. The molecule has 0 saturated carbocycles. The van der Waals surface area contributed by atoms with Crippen LogP contribution in [0.25, 0.3) is 0 Å². The lowest BCUT2D eigenvalue weighted by molar-refractivity contribution is -0.137. The van der Waals surface area contributed by atoms with Crippen LogP contribution in [0, 0.1) is 5.82 Å². The van der Waals surface area contributed by atoms with Crippen LogP contribution in [0.3, 0.4) is 0 Å². The molecular weight excluding hydrogens is 288 g/mol. The molecule has 1 fully saturated rings. The number of halogens is 4. The molecule has 1 saturated heterocycles. The molecule has 1 atom stereocenters. The molecular formula is C14H16F4N2O. The van der Waals surface area contributed by atoms with E-state index in [1.807, 2.05) is 0 Å². The molecule has 1 unspecified atom stereocenters. The van der Waals surface area contributed by atoms with E-state index in [4.69, 9.17) is 0 Å². The smallest absolute Gasteiger partial charge is 0.322 e. The van der Waals surface area contributed by atoms with Gasteiger partial charge < -0.3 is 10.6 Å². The summed E-state index contributed by atoms with van der Waals surface area (Å²) < 4.78 is 51.4. The lowest BCUT2D eigenvalue weighted by Crippen LogP contribution is -2.40. The standard InChI is InChI=1S/C14H16F4N2O/c15-10-6-5-9(14(16,17)18)8-12(10)20-13(21)11-4-2-1-3-7-19-11/h5-6,8,11,19H,1-4,7H2,(H,20,21). The minimum Gasteiger partial charge on any atom is -0.322 e. The second-order valence-electron chi connectivity index (χ2n) is 5.04. The zero-order valence-corrected chi connectivity index (χ0v) is 11.3. The summed E-state index contributed by atoms with van der Waals surface area (Å²) in [6.45, 7) is 0.670. The first-order valence-electron chi connectivity index (χ1n) is 6.79. The fourth-order valence-electron chi connectivity index (χ4n) is 2.27. The molecule has 2 rings (SSSR count). The first-order valence-corrected chi connectivity index (χ1v) is 6.79. The van der Waals surface area contributed by atoms with Crippen molar-refractivity contribution in [2.24, 2.45) is 0 Å². The Bertz CT molecular complexity index is 508. The van der Waals surface area contributed by atoms with E-state index in [9.17, 15) is 22.4 Å². The summed E-state index contributed by atoms with van der Waals surface area (Å²) in [7, 11) is 0. The molecule has 0 aromatic heterocycles. The lowest BCUT2D eigenvalue weighted by atomic mass is 10.1. The number of carbonyl (C=O) groups excluding carboxylic acids is 1. The molecule has 1 aliphatic rings. The van der Waals surface area contributed by atoms with E-state index in [-0.39, 0.29) is 0 Å². The van der Waals surface area contributed by atoms with Gasteiger partial charge in [-0.25, -0.2) is 4.39 Å². The molecule has 21 heavy (non-hydrogen) atoms. The highest BCUT2D eigenvalue weighted by atomic mass is 19.4. The van der Waals surface area contributed by atoms with Gasteiger partial charge in [-0.1, -0.05) is 12.8 Å². The second kappa shape index (κ2) is 6.43.